The highest BCUT2D eigenvalue weighted by Crippen LogP contribution is 2.12. The molecule has 1 amide bonds. The van der Waals surface area contributed by atoms with Crippen molar-refractivity contribution in [1.29, 1.82) is 0 Å². The molecule has 0 unspecified atom stereocenters. The predicted molar refractivity (Wildman–Crippen MR) is 82.7 cm³/mol. The summed E-state index contributed by atoms with van der Waals surface area (Å²) in [4.78, 5) is 21.8. The van der Waals surface area contributed by atoms with Crippen molar-refractivity contribution in [2.75, 3.05) is 13.1 Å². The van der Waals surface area contributed by atoms with Gasteiger partial charge in [0.15, 0.2) is 0 Å². The monoisotopic (exact) mass is 313 g/mol. The number of carbonyl (C=O) groups is 1. The molecular weight excluding hydrogens is 294 g/mol. The van der Waals surface area contributed by atoms with E-state index in [4.69, 9.17) is 0 Å². The van der Waals surface area contributed by atoms with E-state index >= 15 is 0 Å². The van der Waals surface area contributed by atoms with Gasteiger partial charge < -0.3 is 10.6 Å². The minimum absolute atomic E-state index is 0. The topological polar surface area (TPSA) is 84.3 Å². The van der Waals surface area contributed by atoms with Crippen molar-refractivity contribution in [3.63, 3.8) is 0 Å². The van der Waals surface area contributed by atoms with Gasteiger partial charge in [0.05, 0.1) is 11.3 Å². The van der Waals surface area contributed by atoms with Crippen LogP contribution in [0.1, 0.15) is 24.8 Å². The van der Waals surface area contributed by atoms with Gasteiger partial charge in [0.25, 0.3) is 5.69 Å². The molecular formula is C14H20ClN3O3. The third kappa shape index (κ3) is 5.69. The van der Waals surface area contributed by atoms with Gasteiger partial charge in [-0.05, 0) is 31.4 Å². The summed E-state index contributed by atoms with van der Waals surface area (Å²) >= 11 is 0. The number of non-ortho nitro benzene ring substituents is 1. The zero-order valence-electron chi connectivity index (χ0n) is 11.7. The molecule has 2 N–H and O–H groups in total. The second-order valence-electron chi connectivity index (χ2n) is 5.03. The lowest BCUT2D eigenvalue weighted by Gasteiger charge is -2.10. The molecule has 1 atom stereocenters. The van der Waals surface area contributed by atoms with Crippen molar-refractivity contribution in [1.82, 2.24) is 10.6 Å². The van der Waals surface area contributed by atoms with Gasteiger partial charge in [0, 0.05) is 24.7 Å². The number of nitro groups is 1. The summed E-state index contributed by atoms with van der Waals surface area (Å²) in [6.07, 6.45) is 3.60. The molecule has 1 aliphatic rings. The van der Waals surface area contributed by atoms with Crippen molar-refractivity contribution < 1.29 is 9.72 Å². The van der Waals surface area contributed by atoms with E-state index in [2.05, 4.69) is 10.6 Å². The van der Waals surface area contributed by atoms with Crippen LogP contribution >= 0.6 is 12.4 Å². The lowest BCUT2D eigenvalue weighted by molar-refractivity contribution is -0.384. The average Bonchev–Trinajstić information content (AvgIpc) is 2.92. The fraction of sp³-hybridized carbons (Fsp3) is 0.500. The smallest absolute Gasteiger partial charge is 0.269 e. The highest BCUT2D eigenvalue weighted by Gasteiger charge is 2.13. The van der Waals surface area contributed by atoms with Crippen LogP contribution in [-0.2, 0) is 11.2 Å². The maximum atomic E-state index is 11.7. The first-order valence-corrected chi connectivity index (χ1v) is 6.88. The summed E-state index contributed by atoms with van der Waals surface area (Å²) in [6.45, 7) is 1.74. The van der Waals surface area contributed by atoms with Crippen LogP contribution in [0.5, 0.6) is 0 Å². The number of hydrogen-bond acceptors (Lipinski definition) is 4. The number of amides is 1. The molecule has 116 valence electrons. The van der Waals surface area contributed by atoms with E-state index in [1.807, 2.05) is 0 Å². The van der Waals surface area contributed by atoms with Gasteiger partial charge >= 0.3 is 0 Å². The Morgan fingerprint density at radius 3 is 2.67 bits per heavy atom. The number of hydrogen-bond donors (Lipinski definition) is 2. The van der Waals surface area contributed by atoms with E-state index in [-0.39, 0.29) is 30.4 Å². The van der Waals surface area contributed by atoms with E-state index in [0.717, 1.165) is 18.5 Å². The van der Waals surface area contributed by atoms with Gasteiger partial charge in [-0.3, -0.25) is 14.9 Å². The molecule has 1 fully saturated rings. The third-order valence-electron chi connectivity index (χ3n) is 3.49. The number of benzene rings is 1. The largest absolute Gasteiger partial charge is 0.356 e. The van der Waals surface area contributed by atoms with E-state index in [1.54, 1.807) is 12.1 Å². The van der Waals surface area contributed by atoms with Crippen LogP contribution < -0.4 is 10.6 Å². The number of rotatable bonds is 6. The van der Waals surface area contributed by atoms with Gasteiger partial charge in [-0.1, -0.05) is 12.1 Å². The maximum Gasteiger partial charge on any atom is 0.269 e. The van der Waals surface area contributed by atoms with Crippen molar-refractivity contribution >= 4 is 24.0 Å². The molecule has 1 saturated heterocycles. The third-order valence-corrected chi connectivity index (χ3v) is 3.49. The van der Waals surface area contributed by atoms with Crippen molar-refractivity contribution in [2.45, 2.75) is 31.7 Å². The van der Waals surface area contributed by atoms with Gasteiger partial charge in [-0.25, -0.2) is 0 Å². The van der Waals surface area contributed by atoms with Gasteiger partial charge in [-0.15, -0.1) is 12.4 Å². The Bertz CT molecular complexity index is 473. The quantitative estimate of drug-likeness (QED) is 0.620. The van der Waals surface area contributed by atoms with Crippen LogP contribution in [0.15, 0.2) is 24.3 Å². The Kier molecular flexibility index (Phi) is 7.11. The lowest BCUT2D eigenvalue weighted by atomic mass is 10.1. The molecule has 1 aromatic rings. The highest BCUT2D eigenvalue weighted by atomic mass is 35.5. The Labute approximate surface area is 129 Å². The first kappa shape index (κ1) is 17.4. The molecule has 0 spiro atoms. The van der Waals surface area contributed by atoms with E-state index in [9.17, 15) is 14.9 Å². The Balaban J connectivity index is 0.00000220. The molecule has 21 heavy (non-hydrogen) atoms. The summed E-state index contributed by atoms with van der Waals surface area (Å²) in [5.74, 6) is -0.0446. The molecule has 7 heteroatoms. The van der Waals surface area contributed by atoms with Crippen LogP contribution in [0.25, 0.3) is 0 Å². The molecule has 0 saturated carbocycles. The fourth-order valence-electron chi connectivity index (χ4n) is 2.37. The zero-order valence-corrected chi connectivity index (χ0v) is 12.5. The fourth-order valence-corrected chi connectivity index (χ4v) is 2.37. The number of nitrogens with zero attached hydrogens (tertiary/aromatic N) is 1. The summed E-state index contributed by atoms with van der Waals surface area (Å²) in [6, 6.07) is 6.61. The SMILES string of the molecule is Cl.O=C(Cc1ccc([N+](=O)[O-])cc1)NCC[C@H]1CCCN1. The zero-order chi connectivity index (χ0) is 14.4. The summed E-state index contributed by atoms with van der Waals surface area (Å²) in [5.41, 5.74) is 0.827. The molecule has 6 nitrogen and oxygen atoms in total. The minimum atomic E-state index is -0.446. The van der Waals surface area contributed by atoms with Gasteiger partial charge in [0.1, 0.15) is 0 Å². The highest BCUT2D eigenvalue weighted by molar-refractivity contribution is 5.85. The van der Waals surface area contributed by atoms with E-state index in [0.29, 0.717) is 12.6 Å². The van der Waals surface area contributed by atoms with Gasteiger partial charge in [0.2, 0.25) is 5.91 Å². The molecule has 1 aromatic carbocycles. The maximum absolute atomic E-state index is 11.7. The summed E-state index contributed by atoms with van der Waals surface area (Å²) < 4.78 is 0. The Morgan fingerprint density at radius 1 is 1.38 bits per heavy atom. The molecule has 1 aliphatic heterocycles. The number of halogens is 1. The molecule has 0 aliphatic carbocycles. The predicted octanol–water partition coefficient (Wildman–Crippen LogP) is 1.82. The first-order valence-electron chi connectivity index (χ1n) is 6.88. The molecule has 0 aromatic heterocycles. The lowest BCUT2D eigenvalue weighted by Crippen LogP contribution is -2.31. The van der Waals surface area contributed by atoms with Gasteiger partial charge in [-0.2, -0.15) is 0 Å². The molecule has 0 radical (unpaired) electrons. The average molecular weight is 314 g/mol. The second kappa shape index (κ2) is 8.59. The van der Waals surface area contributed by atoms with Crippen LogP contribution in [0.2, 0.25) is 0 Å². The first-order chi connectivity index (χ1) is 9.65. The van der Waals surface area contributed by atoms with Crippen molar-refractivity contribution in [2.24, 2.45) is 0 Å². The van der Waals surface area contributed by atoms with E-state index in [1.165, 1.54) is 25.0 Å². The van der Waals surface area contributed by atoms with Crippen LogP contribution in [0.4, 0.5) is 5.69 Å². The Hall–Kier alpha value is -1.66. The van der Waals surface area contributed by atoms with Crippen molar-refractivity contribution in [3.05, 3.63) is 39.9 Å². The summed E-state index contributed by atoms with van der Waals surface area (Å²) in [7, 11) is 0. The van der Waals surface area contributed by atoms with E-state index < -0.39 is 4.92 Å². The molecule has 1 heterocycles. The van der Waals surface area contributed by atoms with Crippen LogP contribution in [0.3, 0.4) is 0 Å². The van der Waals surface area contributed by atoms with Crippen LogP contribution in [-0.4, -0.2) is 30.0 Å². The number of carbonyl (C=O) groups excluding carboxylic acids is 1. The number of nitrogens with one attached hydrogen (secondary N) is 2. The summed E-state index contributed by atoms with van der Waals surface area (Å²) in [5, 5.41) is 16.8. The normalized spacial score (nSPS) is 17.0. The molecule has 0 bridgehead atoms. The van der Waals surface area contributed by atoms with Crippen molar-refractivity contribution in [3.8, 4) is 0 Å². The second-order valence-corrected chi connectivity index (χ2v) is 5.03. The van der Waals surface area contributed by atoms with Crippen LogP contribution in [0, 0.1) is 10.1 Å². The number of nitro benzene ring substituents is 1. The minimum Gasteiger partial charge on any atom is -0.356 e. The Morgan fingerprint density at radius 2 is 2.10 bits per heavy atom. The molecule has 2 rings (SSSR count). The standard InChI is InChI=1S/C14H19N3O3.ClH/c18-14(16-9-7-12-2-1-8-15-12)10-11-3-5-13(6-4-11)17(19)20;/h3-6,12,15H,1-2,7-10H2,(H,16,18);1H/t12-;/m1./s1.